The van der Waals surface area contributed by atoms with Gasteiger partial charge in [-0.1, -0.05) is 29.8 Å². The number of hydrogen-bond acceptors (Lipinski definition) is 3. The minimum Gasteiger partial charge on any atom is -0.388 e. The Labute approximate surface area is 109 Å². The Morgan fingerprint density at radius 2 is 2.33 bits per heavy atom. The second-order valence-corrected chi connectivity index (χ2v) is 5.18. The highest BCUT2D eigenvalue weighted by atomic mass is 16.5. The van der Waals surface area contributed by atoms with E-state index in [1.807, 2.05) is 12.1 Å². The molecule has 2 unspecified atom stereocenters. The maximum absolute atomic E-state index is 10.2. The largest absolute Gasteiger partial charge is 0.388 e. The van der Waals surface area contributed by atoms with Crippen LogP contribution in [-0.2, 0) is 4.74 Å². The van der Waals surface area contributed by atoms with Crippen molar-refractivity contribution in [1.29, 1.82) is 0 Å². The first kappa shape index (κ1) is 13.5. The molecule has 3 heteroatoms. The number of aliphatic hydroxyl groups is 1. The number of benzene rings is 1. The number of hydrogen-bond donors (Lipinski definition) is 1. The van der Waals surface area contributed by atoms with Gasteiger partial charge in [-0.3, -0.25) is 4.90 Å². The van der Waals surface area contributed by atoms with Crippen LogP contribution in [0.4, 0.5) is 0 Å². The first-order valence-electron chi connectivity index (χ1n) is 6.73. The standard InChI is InChI=1S/C15H23NO2/c1-12-4-3-5-14(10-12)15(17)6-7-16-8-9-18-11-13(16)2/h3-5,10,13,15,17H,6-9,11H2,1-2H3. The highest BCUT2D eigenvalue weighted by Crippen LogP contribution is 2.19. The Kier molecular flexibility index (Phi) is 4.75. The zero-order valence-electron chi connectivity index (χ0n) is 11.3. The Morgan fingerprint density at radius 1 is 1.50 bits per heavy atom. The van der Waals surface area contributed by atoms with Crippen molar-refractivity contribution < 1.29 is 9.84 Å². The molecule has 100 valence electrons. The summed E-state index contributed by atoms with van der Waals surface area (Å²) in [7, 11) is 0. The normalized spacial score (nSPS) is 22.9. The Morgan fingerprint density at radius 3 is 3.06 bits per heavy atom. The summed E-state index contributed by atoms with van der Waals surface area (Å²) in [5.41, 5.74) is 2.22. The molecule has 3 nitrogen and oxygen atoms in total. The highest BCUT2D eigenvalue weighted by molar-refractivity contribution is 5.23. The molecule has 0 saturated carbocycles. The summed E-state index contributed by atoms with van der Waals surface area (Å²) in [6, 6.07) is 8.59. The van der Waals surface area contributed by atoms with Crippen molar-refractivity contribution in [2.75, 3.05) is 26.3 Å². The SMILES string of the molecule is Cc1cccc(C(O)CCN2CCOCC2C)c1. The minimum atomic E-state index is -0.361. The molecule has 1 N–H and O–H groups in total. The lowest BCUT2D eigenvalue weighted by atomic mass is 10.0. The summed E-state index contributed by atoms with van der Waals surface area (Å²) in [5, 5.41) is 10.2. The van der Waals surface area contributed by atoms with Gasteiger partial charge in [-0.15, -0.1) is 0 Å². The number of aryl methyl sites for hydroxylation is 1. The van der Waals surface area contributed by atoms with Gasteiger partial charge in [0.25, 0.3) is 0 Å². The van der Waals surface area contributed by atoms with E-state index in [-0.39, 0.29) is 6.10 Å². The fraction of sp³-hybridized carbons (Fsp3) is 0.600. The highest BCUT2D eigenvalue weighted by Gasteiger charge is 2.19. The van der Waals surface area contributed by atoms with Gasteiger partial charge < -0.3 is 9.84 Å². The van der Waals surface area contributed by atoms with E-state index in [4.69, 9.17) is 4.74 Å². The van der Waals surface area contributed by atoms with Crippen LogP contribution in [0.25, 0.3) is 0 Å². The van der Waals surface area contributed by atoms with Gasteiger partial charge in [0.15, 0.2) is 0 Å². The van der Waals surface area contributed by atoms with Gasteiger partial charge in [0.05, 0.1) is 19.3 Å². The quantitative estimate of drug-likeness (QED) is 0.887. The molecule has 1 aliphatic rings. The zero-order chi connectivity index (χ0) is 13.0. The topological polar surface area (TPSA) is 32.7 Å². The summed E-state index contributed by atoms with van der Waals surface area (Å²) < 4.78 is 5.41. The van der Waals surface area contributed by atoms with Crippen molar-refractivity contribution in [3.8, 4) is 0 Å². The van der Waals surface area contributed by atoms with Crippen LogP contribution >= 0.6 is 0 Å². The van der Waals surface area contributed by atoms with Gasteiger partial charge >= 0.3 is 0 Å². The molecule has 0 bridgehead atoms. The Bertz CT molecular complexity index is 381. The lowest BCUT2D eigenvalue weighted by molar-refractivity contribution is -0.00639. The molecule has 18 heavy (non-hydrogen) atoms. The van der Waals surface area contributed by atoms with Crippen molar-refractivity contribution in [2.45, 2.75) is 32.4 Å². The monoisotopic (exact) mass is 249 g/mol. The molecule has 2 rings (SSSR count). The van der Waals surface area contributed by atoms with E-state index in [0.29, 0.717) is 6.04 Å². The smallest absolute Gasteiger partial charge is 0.0802 e. The van der Waals surface area contributed by atoms with Gasteiger partial charge in [0, 0.05) is 19.1 Å². The maximum Gasteiger partial charge on any atom is 0.0802 e. The molecule has 0 aliphatic carbocycles. The molecule has 1 aliphatic heterocycles. The second-order valence-electron chi connectivity index (χ2n) is 5.18. The molecule has 0 spiro atoms. The van der Waals surface area contributed by atoms with Crippen LogP contribution in [0.15, 0.2) is 24.3 Å². The second kappa shape index (κ2) is 6.32. The molecule has 1 aromatic rings. The summed E-state index contributed by atoms with van der Waals surface area (Å²) in [6.07, 6.45) is 0.424. The molecular formula is C15H23NO2. The average molecular weight is 249 g/mol. The van der Waals surface area contributed by atoms with Gasteiger partial charge in [-0.05, 0) is 25.8 Å². The number of ether oxygens (including phenoxy) is 1. The first-order valence-corrected chi connectivity index (χ1v) is 6.73. The van der Waals surface area contributed by atoms with Crippen molar-refractivity contribution in [3.05, 3.63) is 35.4 Å². The fourth-order valence-electron chi connectivity index (χ4n) is 2.43. The summed E-state index contributed by atoms with van der Waals surface area (Å²) in [6.45, 7) is 7.76. The van der Waals surface area contributed by atoms with E-state index >= 15 is 0 Å². The number of morpholine rings is 1. The third kappa shape index (κ3) is 3.55. The maximum atomic E-state index is 10.2. The third-order valence-corrected chi connectivity index (χ3v) is 3.62. The van der Waals surface area contributed by atoms with Gasteiger partial charge in [0.1, 0.15) is 0 Å². The molecule has 2 atom stereocenters. The summed E-state index contributed by atoms with van der Waals surface area (Å²) in [5.74, 6) is 0. The van der Waals surface area contributed by atoms with Crippen LogP contribution in [0, 0.1) is 6.92 Å². The van der Waals surface area contributed by atoms with E-state index < -0.39 is 0 Å². The van der Waals surface area contributed by atoms with Crippen LogP contribution in [0.5, 0.6) is 0 Å². The van der Waals surface area contributed by atoms with Gasteiger partial charge in [-0.2, -0.15) is 0 Å². The molecule has 0 aromatic heterocycles. The number of rotatable bonds is 4. The van der Waals surface area contributed by atoms with Crippen molar-refractivity contribution >= 4 is 0 Å². The fourth-order valence-corrected chi connectivity index (χ4v) is 2.43. The summed E-state index contributed by atoms with van der Waals surface area (Å²) >= 11 is 0. The van der Waals surface area contributed by atoms with E-state index in [1.54, 1.807) is 0 Å². The third-order valence-electron chi connectivity index (χ3n) is 3.62. The lowest BCUT2D eigenvalue weighted by Crippen LogP contribution is -2.44. The van der Waals surface area contributed by atoms with Crippen molar-refractivity contribution in [2.24, 2.45) is 0 Å². The number of aliphatic hydroxyl groups excluding tert-OH is 1. The molecule has 1 saturated heterocycles. The van der Waals surface area contributed by atoms with Crippen LogP contribution < -0.4 is 0 Å². The van der Waals surface area contributed by atoms with Crippen molar-refractivity contribution in [1.82, 2.24) is 4.90 Å². The lowest BCUT2D eigenvalue weighted by Gasteiger charge is -2.33. The predicted octanol–water partition coefficient (Wildman–Crippen LogP) is 2.14. The van der Waals surface area contributed by atoms with Crippen molar-refractivity contribution in [3.63, 3.8) is 0 Å². The van der Waals surface area contributed by atoms with Gasteiger partial charge in [0.2, 0.25) is 0 Å². The number of nitrogens with zero attached hydrogens (tertiary/aromatic N) is 1. The van der Waals surface area contributed by atoms with Crippen LogP contribution in [0.2, 0.25) is 0 Å². The van der Waals surface area contributed by atoms with Crippen LogP contribution in [0.1, 0.15) is 30.6 Å². The molecule has 0 radical (unpaired) electrons. The molecule has 1 heterocycles. The van der Waals surface area contributed by atoms with E-state index in [2.05, 4.69) is 30.9 Å². The zero-order valence-corrected chi connectivity index (χ0v) is 11.3. The Hall–Kier alpha value is -0.900. The van der Waals surface area contributed by atoms with Gasteiger partial charge in [-0.25, -0.2) is 0 Å². The molecule has 0 amide bonds. The molecule has 1 fully saturated rings. The van der Waals surface area contributed by atoms with Crippen LogP contribution in [0.3, 0.4) is 0 Å². The molecule has 1 aromatic carbocycles. The van der Waals surface area contributed by atoms with E-state index in [9.17, 15) is 5.11 Å². The minimum absolute atomic E-state index is 0.361. The average Bonchev–Trinajstić information content (AvgIpc) is 2.37. The Balaban J connectivity index is 1.86. The predicted molar refractivity (Wildman–Crippen MR) is 72.6 cm³/mol. The van der Waals surface area contributed by atoms with Crippen LogP contribution in [-0.4, -0.2) is 42.4 Å². The van der Waals surface area contributed by atoms with E-state index in [0.717, 1.165) is 38.3 Å². The first-order chi connectivity index (χ1) is 8.66. The van der Waals surface area contributed by atoms with E-state index in [1.165, 1.54) is 5.56 Å². The summed E-state index contributed by atoms with van der Waals surface area (Å²) in [4.78, 5) is 2.39. The molecular weight excluding hydrogens is 226 g/mol.